The lowest BCUT2D eigenvalue weighted by atomic mass is 9.99. The van der Waals surface area contributed by atoms with Gasteiger partial charge in [-0.1, -0.05) is 6.07 Å². The van der Waals surface area contributed by atoms with Crippen LogP contribution in [0.1, 0.15) is 32.5 Å². The Morgan fingerprint density at radius 2 is 1.90 bits per heavy atom. The highest BCUT2D eigenvalue weighted by molar-refractivity contribution is 7.10. The molecule has 3 nitrogen and oxygen atoms in total. The van der Waals surface area contributed by atoms with Crippen molar-refractivity contribution in [3.05, 3.63) is 57.0 Å². The number of rotatable bonds is 3. The van der Waals surface area contributed by atoms with E-state index < -0.39 is 35.2 Å². The van der Waals surface area contributed by atoms with Crippen molar-refractivity contribution in [3.8, 4) is 0 Å². The van der Waals surface area contributed by atoms with Gasteiger partial charge in [-0.15, -0.1) is 11.3 Å². The molecule has 1 heterocycles. The van der Waals surface area contributed by atoms with Gasteiger partial charge in [0.25, 0.3) is 0 Å². The van der Waals surface area contributed by atoms with Crippen LogP contribution in [0.2, 0.25) is 0 Å². The summed E-state index contributed by atoms with van der Waals surface area (Å²) in [6, 6.07) is 3.03. The molecule has 0 saturated carbocycles. The van der Waals surface area contributed by atoms with Crippen LogP contribution in [0.3, 0.4) is 0 Å². The first-order valence-electron chi connectivity index (χ1n) is 5.57. The lowest BCUT2D eigenvalue weighted by Crippen LogP contribution is -2.14. The summed E-state index contributed by atoms with van der Waals surface area (Å²) in [5, 5.41) is 20.4. The second-order valence-electron chi connectivity index (χ2n) is 4.14. The zero-order valence-corrected chi connectivity index (χ0v) is 11.0. The van der Waals surface area contributed by atoms with Gasteiger partial charge in [-0.05, 0) is 29.1 Å². The zero-order valence-electron chi connectivity index (χ0n) is 10.2. The highest BCUT2D eigenvalue weighted by atomic mass is 32.1. The molecule has 0 bridgehead atoms. The Bertz CT molecular complexity index is 678. The predicted octanol–water partition coefficient (Wildman–Crippen LogP) is 3.69. The van der Waals surface area contributed by atoms with E-state index in [9.17, 15) is 27.5 Å². The van der Waals surface area contributed by atoms with Gasteiger partial charge in [-0.2, -0.15) is 13.2 Å². The van der Waals surface area contributed by atoms with Crippen molar-refractivity contribution in [3.63, 3.8) is 0 Å². The molecule has 112 valence electrons. The van der Waals surface area contributed by atoms with E-state index in [4.69, 9.17) is 5.11 Å². The van der Waals surface area contributed by atoms with Gasteiger partial charge in [-0.3, -0.25) is 0 Å². The van der Waals surface area contributed by atoms with Gasteiger partial charge in [0.15, 0.2) is 0 Å². The molecule has 0 aliphatic rings. The summed E-state index contributed by atoms with van der Waals surface area (Å²) in [6.07, 6.45) is -6.66. The highest BCUT2D eigenvalue weighted by Gasteiger charge is 2.36. The van der Waals surface area contributed by atoms with Crippen molar-refractivity contribution in [2.75, 3.05) is 0 Å². The number of thiophene rings is 1. The number of hydrogen-bond donors (Lipinski definition) is 2. The van der Waals surface area contributed by atoms with Crippen LogP contribution in [-0.2, 0) is 6.18 Å². The van der Waals surface area contributed by atoms with E-state index in [0.29, 0.717) is 0 Å². The molecule has 1 aromatic heterocycles. The van der Waals surface area contributed by atoms with Crippen LogP contribution in [0.15, 0.2) is 29.6 Å². The number of carboxylic acids is 1. The summed E-state index contributed by atoms with van der Waals surface area (Å²) in [5.41, 5.74) is -2.21. The van der Waals surface area contributed by atoms with Gasteiger partial charge in [0.05, 0.1) is 16.0 Å². The number of alkyl halides is 3. The van der Waals surface area contributed by atoms with Crippen LogP contribution >= 0.6 is 11.3 Å². The summed E-state index contributed by atoms with van der Waals surface area (Å²) in [4.78, 5) is 10.8. The van der Waals surface area contributed by atoms with E-state index in [1.54, 1.807) is 0 Å². The fourth-order valence-corrected chi connectivity index (χ4v) is 2.75. The van der Waals surface area contributed by atoms with E-state index in [0.717, 1.165) is 23.5 Å². The third-order valence-electron chi connectivity index (χ3n) is 2.79. The van der Waals surface area contributed by atoms with Gasteiger partial charge in [0, 0.05) is 0 Å². The molecule has 0 fully saturated rings. The van der Waals surface area contributed by atoms with E-state index >= 15 is 0 Å². The molecular weight excluding hydrogens is 312 g/mol. The topological polar surface area (TPSA) is 57.5 Å². The number of aliphatic hydroxyl groups is 1. The van der Waals surface area contributed by atoms with Gasteiger partial charge in [0.1, 0.15) is 11.9 Å². The summed E-state index contributed by atoms with van der Waals surface area (Å²) >= 11 is 0.812. The van der Waals surface area contributed by atoms with Crippen LogP contribution in [0, 0.1) is 5.82 Å². The Hall–Kier alpha value is -1.93. The minimum atomic E-state index is -4.86. The van der Waals surface area contributed by atoms with E-state index in [1.165, 1.54) is 11.4 Å². The SMILES string of the molecule is O=C(O)c1ccsc1C(O)c1ccc(F)cc1C(F)(F)F. The number of halogens is 4. The molecular formula is C13H8F4O3S. The van der Waals surface area contributed by atoms with Crippen molar-refractivity contribution in [2.45, 2.75) is 12.3 Å². The third kappa shape index (κ3) is 3.06. The summed E-state index contributed by atoms with van der Waals surface area (Å²) in [7, 11) is 0. The molecule has 0 spiro atoms. The quantitative estimate of drug-likeness (QED) is 0.848. The first-order chi connectivity index (χ1) is 9.71. The lowest BCUT2D eigenvalue weighted by molar-refractivity contribution is -0.139. The first-order valence-corrected chi connectivity index (χ1v) is 6.45. The zero-order chi connectivity index (χ0) is 15.8. The fraction of sp³-hybridized carbons (Fsp3) is 0.154. The van der Waals surface area contributed by atoms with Crippen LogP contribution < -0.4 is 0 Å². The fourth-order valence-electron chi connectivity index (χ4n) is 1.86. The van der Waals surface area contributed by atoms with E-state index in [1.807, 2.05) is 0 Å². The van der Waals surface area contributed by atoms with E-state index in [-0.39, 0.29) is 16.5 Å². The third-order valence-corrected chi connectivity index (χ3v) is 3.76. The second kappa shape index (κ2) is 5.45. The molecule has 0 saturated heterocycles. The molecule has 8 heteroatoms. The average molecular weight is 320 g/mol. The summed E-state index contributed by atoms with van der Waals surface area (Å²) < 4.78 is 51.7. The number of carboxylic acid groups (broad SMARTS) is 1. The maximum absolute atomic E-state index is 13.0. The largest absolute Gasteiger partial charge is 0.478 e. The van der Waals surface area contributed by atoms with Crippen LogP contribution in [0.25, 0.3) is 0 Å². The van der Waals surface area contributed by atoms with Crippen molar-refractivity contribution in [2.24, 2.45) is 0 Å². The molecule has 21 heavy (non-hydrogen) atoms. The smallest absolute Gasteiger partial charge is 0.416 e. The number of carbonyl (C=O) groups is 1. The minimum absolute atomic E-state index is 0.139. The molecule has 2 aromatic rings. The van der Waals surface area contributed by atoms with Crippen LogP contribution in [-0.4, -0.2) is 16.2 Å². The van der Waals surface area contributed by atoms with Crippen LogP contribution in [0.5, 0.6) is 0 Å². The van der Waals surface area contributed by atoms with Gasteiger partial charge in [-0.25, -0.2) is 9.18 Å². The van der Waals surface area contributed by atoms with Gasteiger partial charge >= 0.3 is 12.1 Å². The Kier molecular flexibility index (Phi) is 4.02. The summed E-state index contributed by atoms with van der Waals surface area (Å²) in [6.45, 7) is 0. The molecule has 1 aromatic carbocycles. The maximum Gasteiger partial charge on any atom is 0.416 e. The van der Waals surface area contributed by atoms with Crippen molar-refractivity contribution < 1.29 is 32.6 Å². The predicted molar refractivity (Wildman–Crippen MR) is 66.7 cm³/mol. The number of aliphatic hydroxyl groups excluding tert-OH is 1. The Morgan fingerprint density at radius 3 is 2.48 bits per heavy atom. The molecule has 0 radical (unpaired) electrons. The second-order valence-corrected chi connectivity index (χ2v) is 5.08. The lowest BCUT2D eigenvalue weighted by Gasteiger charge is -2.17. The van der Waals surface area contributed by atoms with Crippen molar-refractivity contribution in [1.29, 1.82) is 0 Å². The van der Waals surface area contributed by atoms with Crippen molar-refractivity contribution >= 4 is 17.3 Å². The molecule has 2 N–H and O–H groups in total. The molecule has 0 aliphatic carbocycles. The van der Waals surface area contributed by atoms with Gasteiger partial charge in [0.2, 0.25) is 0 Å². The molecule has 0 amide bonds. The number of benzene rings is 1. The standard InChI is InChI=1S/C13H8F4O3S/c14-6-1-2-7(9(5-6)13(15,16)17)10(18)11-8(12(19)20)3-4-21-11/h1-5,10,18H,(H,19,20). The number of hydrogen-bond acceptors (Lipinski definition) is 3. The Balaban J connectivity index is 2.56. The summed E-state index contributed by atoms with van der Waals surface area (Å²) in [5.74, 6) is -2.45. The highest BCUT2D eigenvalue weighted by Crippen LogP contribution is 2.39. The van der Waals surface area contributed by atoms with E-state index in [2.05, 4.69) is 0 Å². The molecule has 2 rings (SSSR count). The molecule has 1 atom stereocenters. The number of aromatic carboxylic acids is 1. The minimum Gasteiger partial charge on any atom is -0.478 e. The molecule has 0 aliphatic heterocycles. The maximum atomic E-state index is 13.0. The van der Waals surface area contributed by atoms with Gasteiger partial charge < -0.3 is 10.2 Å². The average Bonchev–Trinajstić information content (AvgIpc) is 2.86. The normalized spacial score (nSPS) is 13.2. The monoisotopic (exact) mass is 320 g/mol. The molecule has 1 unspecified atom stereocenters. The van der Waals surface area contributed by atoms with Crippen LogP contribution in [0.4, 0.5) is 17.6 Å². The Morgan fingerprint density at radius 1 is 1.24 bits per heavy atom. The Labute approximate surface area is 120 Å². The first kappa shape index (κ1) is 15.5. The van der Waals surface area contributed by atoms with Crippen molar-refractivity contribution in [1.82, 2.24) is 0 Å².